The molecule has 1 N–H and O–H groups in total. The summed E-state index contributed by atoms with van der Waals surface area (Å²) >= 11 is 0. The van der Waals surface area contributed by atoms with Crippen LogP contribution >= 0.6 is 0 Å². The second kappa shape index (κ2) is 3.81. The van der Waals surface area contributed by atoms with Gasteiger partial charge < -0.3 is 5.32 Å². The summed E-state index contributed by atoms with van der Waals surface area (Å²) < 4.78 is 0. The van der Waals surface area contributed by atoms with E-state index in [1.165, 1.54) is 0 Å². The molecular formula is C11H12N2O2. The molecule has 4 nitrogen and oxygen atoms in total. The fraction of sp³-hybridized carbons (Fsp3) is 0.364. The lowest BCUT2D eigenvalue weighted by molar-refractivity contribution is -0.121. The minimum absolute atomic E-state index is 0.115. The van der Waals surface area contributed by atoms with Crippen LogP contribution in [0.5, 0.6) is 0 Å². The number of amides is 1. The molecule has 0 bridgehead atoms. The highest BCUT2D eigenvalue weighted by Gasteiger charge is 2.32. The molecule has 1 amide bonds. The largest absolute Gasteiger partial charge is 0.355 e. The van der Waals surface area contributed by atoms with Gasteiger partial charge in [-0.1, -0.05) is 0 Å². The van der Waals surface area contributed by atoms with Crippen molar-refractivity contribution in [2.24, 2.45) is 5.92 Å². The fourth-order valence-corrected chi connectivity index (χ4v) is 1.78. The number of hydrogen-bond donors (Lipinski definition) is 1. The molecule has 1 aromatic heterocycles. The monoisotopic (exact) mass is 204 g/mol. The van der Waals surface area contributed by atoms with Gasteiger partial charge >= 0.3 is 0 Å². The highest BCUT2D eigenvalue weighted by Crippen LogP contribution is 2.17. The lowest BCUT2D eigenvalue weighted by atomic mass is 9.96. The second-order valence-electron chi connectivity index (χ2n) is 3.63. The second-order valence-corrected chi connectivity index (χ2v) is 3.63. The molecule has 2 rings (SSSR count). The van der Waals surface area contributed by atoms with E-state index in [1.54, 1.807) is 25.3 Å². The average Bonchev–Trinajstić information content (AvgIpc) is 2.64. The average molecular weight is 204 g/mol. The van der Waals surface area contributed by atoms with E-state index in [9.17, 15) is 9.59 Å². The van der Waals surface area contributed by atoms with Crippen LogP contribution < -0.4 is 5.32 Å². The van der Waals surface area contributed by atoms with Crippen molar-refractivity contribution in [1.82, 2.24) is 10.3 Å². The number of pyridine rings is 1. The Morgan fingerprint density at radius 1 is 1.60 bits per heavy atom. The first-order chi connectivity index (χ1) is 7.20. The van der Waals surface area contributed by atoms with Crippen molar-refractivity contribution in [3.63, 3.8) is 0 Å². The number of nitrogens with zero attached hydrogens (tertiary/aromatic N) is 1. The van der Waals surface area contributed by atoms with Crippen LogP contribution in [0.15, 0.2) is 18.3 Å². The van der Waals surface area contributed by atoms with Crippen LogP contribution in [-0.4, -0.2) is 23.2 Å². The van der Waals surface area contributed by atoms with Crippen LogP contribution in [0.1, 0.15) is 22.5 Å². The number of carbonyl (C=O) groups is 2. The highest BCUT2D eigenvalue weighted by molar-refractivity contribution is 6.11. The molecule has 1 saturated heterocycles. The number of aryl methyl sites for hydroxylation is 1. The maximum atomic E-state index is 12.0. The van der Waals surface area contributed by atoms with E-state index in [2.05, 4.69) is 10.3 Å². The molecule has 0 radical (unpaired) electrons. The number of rotatable bonds is 2. The predicted octanol–water partition coefficient (Wildman–Crippen LogP) is 0.709. The molecule has 1 aliphatic rings. The van der Waals surface area contributed by atoms with E-state index < -0.39 is 5.92 Å². The van der Waals surface area contributed by atoms with E-state index in [4.69, 9.17) is 0 Å². The van der Waals surface area contributed by atoms with Crippen molar-refractivity contribution in [3.8, 4) is 0 Å². The first-order valence-electron chi connectivity index (χ1n) is 4.93. The van der Waals surface area contributed by atoms with Crippen LogP contribution in [0.2, 0.25) is 0 Å². The summed E-state index contributed by atoms with van der Waals surface area (Å²) in [4.78, 5) is 27.4. The number of carbonyl (C=O) groups excluding carboxylic acids is 2. The summed E-state index contributed by atoms with van der Waals surface area (Å²) in [5.41, 5.74) is 1.24. The summed E-state index contributed by atoms with van der Waals surface area (Å²) in [6.45, 7) is 2.37. The van der Waals surface area contributed by atoms with Crippen molar-refractivity contribution in [2.45, 2.75) is 13.3 Å². The zero-order valence-corrected chi connectivity index (χ0v) is 8.49. The lowest BCUT2D eigenvalue weighted by Gasteiger charge is -2.07. The van der Waals surface area contributed by atoms with Gasteiger partial charge in [0.05, 0.1) is 0 Å². The van der Waals surface area contributed by atoms with Gasteiger partial charge in [-0.15, -0.1) is 0 Å². The molecule has 2 heterocycles. The van der Waals surface area contributed by atoms with Gasteiger partial charge in [0.15, 0.2) is 5.78 Å². The Balaban J connectivity index is 2.28. The lowest BCUT2D eigenvalue weighted by Crippen LogP contribution is -2.25. The Hall–Kier alpha value is -1.71. The first-order valence-corrected chi connectivity index (χ1v) is 4.93. The van der Waals surface area contributed by atoms with Crippen molar-refractivity contribution in [1.29, 1.82) is 0 Å². The minimum atomic E-state index is -0.520. The molecule has 1 aliphatic heterocycles. The third kappa shape index (κ3) is 1.75. The normalized spacial score (nSPS) is 20.1. The molecule has 4 heteroatoms. The van der Waals surface area contributed by atoms with Gasteiger partial charge in [-0.05, 0) is 25.5 Å². The minimum Gasteiger partial charge on any atom is -0.355 e. The van der Waals surface area contributed by atoms with Crippen LogP contribution in [0.4, 0.5) is 0 Å². The number of nitrogens with one attached hydrogen (secondary N) is 1. The van der Waals surface area contributed by atoms with Crippen molar-refractivity contribution < 1.29 is 9.59 Å². The van der Waals surface area contributed by atoms with Gasteiger partial charge in [-0.25, -0.2) is 0 Å². The maximum Gasteiger partial charge on any atom is 0.231 e. The van der Waals surface area contributed by atoms with E-state index in [0.29, 0.717) is 24.2 Å². The third-order valence-corrected chi connectivity index (χ3v) is 2.64. The number of Topliss-reactive ketones (excluding diaryl/α,β-unsaturated/α-hetero) is 1. The molecule has 15 heavy (non-hydrogen) atoms. The van der Waals surface area contributed by atoms with Crippen LogP contribution in [-0.2, 0) is 4.79 Å². The maximum absolute atomic E-state index is 12.0. The Labute approximate surface area is 87.7 Å². The zero-order chi connectivity index (χ0) is 10.8. The standard InChI is InChI=1S/C11H12N2O2/c1-7-8(3-2-5-12-7)10(14)9-4-6-13-11(9)15/h2-3,5,9H,4,6H2,1H3,(H,13,15)/t9-/m1/s1. The summed E-state index contributed by atoms with van der Waals surface area (Å²) in [5, 5.41) is 2.66. The molecule has 1 atom stereocenters. The highest BCUT2D eigenvalue weighted by atomic mass is 16.2. The molecule has 1 fully saturated rings. The van der Waals surface area contributed by atoms with E-state index >= 15 is 0 Å². The molecule has 78 valence electrons. The Kier molecular flexibility index (Phi) is 2.49. The summed E-state index contributed by atoms with van der Waals surface area (Å²) in [5.74, 6) is -0.799. The summed E-state index contributed by atoms with van der Waals surface area (Å²) in [6, 6.07) is 3.43. The SMILES string of the molecule is Cc1ncccc1C(=O)[C@H]1CCNC1=O. The van der Waals surface area contributed by atoms with Crippen molar-refractivity contribution >= 4 is 11.7 Å². The first kappa shape index (κ1) is 9.83. The number of hydrogen-bond acceptors (Lipinski definition) is 3. The van der Waals surface area contributed by atoms with Gasteiger partial charge in [0.1, 0.15) is 5.92 Å². The topological polar surface area (TPSA) is 59.1 Å². The zero-order valence-electron chi connectivity index (χ0n) is 8.49. The quantitative estimate of drug-likeness (QED) is 0.570. The van der Waals surface area contributed by atoms with Crippen LogP contribution in [0.25, 0.3) is 0 Å². The van der Waals surface area contributed by atoms with E-state index in [0.717, 1.165) is 0 Å². The molecular weight excluding hydrogens is 192 g/mol. The molecule has 0 spiro atoms. The van der Waals surface area contributed by atoms with Gasteiger partial charge in [0.2, 0.25) is 5.91 Å². The Bertz CT molecular complexity index is 415. The fourth-order valence-electron chi connectivity index (χ4n) is 1.78. The third-order valence-electron chi connectivity index (χ3n) is 2.64. The van der Waals surface area contributed by atoms with Crippen molar-refractivity contribution in [3.05, 3.63) is 29.6 Å². The molecule has 0 aromatic carbocycles. The Morgan fingerprint density at radius 3 is 3.00 bits per heavy atom. The molecule has 0 aliphatic carbocycles. The molecule has 1 aromatic rings. The van der Waals surface area contributed by atoms with Gasteiger partial charge in [-0.2, -0.15) is 0 Å². The summed E-state index contributed by atoms with van der Waals surface area (Å²) in [7, 11) is 0. The number of ketones is 1. The van der Waals surface area contributed by atoms with E-state index in [1.807, 2.05) is 0 Å². The number of aromatic nitrogens is 1. The smallest absolute Gasteiger partial charge is 0.231 e. The summed E-state index contributed by atoms with van der Waals surface area (Å²) in [6.07, 6.45) is 2.23. The van der Waals surface area contributed by atoms with Crippen LogP contribution in [0.3, 0.4) is 0 Å². The van der Waals surface area contributed by atoms with Gasteiger partial charge in [-0.3, -0.25) is 14.6 Å². The predicted molar refractivity (Wildman–Crippen MR) is 54.4 cm³/mol. The van der Waals surface area contributed by atoms with Crippen LogP contribution in [0, 0.1) is 12.8 Å². The van der Waals surface area contributed by atoms with E-state index in [-0.39, 0.29) is 11.7 Å². The van der Waals surface area contributed by atoms with Crippen molar-refractivity contribution in [2.75, 3.05) is 6.54 Å². The molecule has 0 unspecified atom stereocenters. The van der Waals surface area contributed by atoms with Gasteiger partial charge in [0.25, 0.3) is 0 Å². The molecule has 0 saturated carbocycles. The Morgan fingerprint density at radius 2 is 2.40 bits per heavy atom. The van der Waals surface area contributed by atoms with Gasteiger partial charge in [0, 0.05) is 24.0 Å².